The van der Waals surface area contributed by atoms with Crippen molar-refractivity contribution in [3.05, 3.63) is 0 Å². The monoisotopic (exact) mass is 295 g/mol. The molecule has 0 aromatic heterocycles. The number of aliphatic hydroxyl groups excluding tert-OH is 1. The predicted octanol–water partition coefficient (Wildman–Crippen LogP) is 2.24. The number of nitrogens with zero attached hydrogens (tertiary/aromatic N) is 2. The number of hydrogen-bond donors (Lipinski definition) is 2. The summed E-state index contributed by atoms with van der Waals surface area (Å²) in [5, 5.41) is 22.7. The first kappa shape index (κ1) is 18.4. The van der Waals surface area contributed by atoms with Gasteiger partial charge in [-0.2, -0.15) is 5.26 Å². The fourth-order valence-corrected chi connectivity index (χ4v) is 2.91. The topological polar surface area (TPSA) is 59.3 Å². The summed E-state index contributed by atoms with van der Waals surface area (Å²) >= 11 is 0. The Morgan fingerprint density at radius 1 is 1.33 bits per heavy atom. The molecule has 4 heteroatoms. The van der Waals surface area contributed by atoms with Crippen molar-refractivity contribution in [2.45, 2.75) is 59.6 Å². The highest BCUT2D eigenvalue weighted by atomic mass is 16.3. The zero-order chi connectivity index (χ0) is 16.0. The van der Waals surface area contributed by atoms with E-state index in [1.54, 1.807) is 0 Å². The second kappa shape index (κ2) is 8.12. The molecule has 2 N–H and O–H groups in total. The van der Waals surface area contributed by atoms with Crippen molar-refractivity contribution in [2.24, 2.45) is 17.3 Å². The van der Waals surface area contributed by atoms with E-state index in [2.05, 4.69) is 50.9 Å². The first-order valence-electron chi connectivity index (χ1n) is 8.22. The van der Waals surface area contributed by atoms with Crippen LogP contribution < -0.4 is 5.32 Å². The summed E-state index contributed by atoms with van der Waals surface area (Å²) in [6.45, 7) is 14.2. The Labute approximate surface area is 130 Å². The van der Waals surface area contributed by atoms with Gasteiger partial charge in [-0.1, -0.05) is 34.6 Å². The fourth-order valence-electron chi connectivity index (χ4n) is 2.91. The molecular formula is C17H33N3O. The average molecular weight is 295 g/mol. The number of aliphatic hydroxyl groups is 1. The molecular weight excluding hydrogens is 262 g/mol. The van der Waals surface area contributed by atoms with Crippen LogP contribution in [0.15, 0.2) is 0 Å². The largest absolute Gasteiger partial charge is 0.393 e. The van der Waals surface area contributed by atoms with E-state index < -0.39 is 0 Å². The number of nitriles is 1. The van der Waals surface area contributed by atoms with Gasteiger partial charge in [0, 0.05) is 25.7 Å². The highest BCUT2D eigenvalue weighted by molar-refractivity contribution is 4.89. The molecule has 0 bridgehead atoms. The molecule has 0 radical (unpaired) electrons. The van der Waals surface area contributed by atoms with Crippen LogP contribution in [0, 0.1) is 28.6 Å². The minimum atomic E-state index is -0.236. The molecule has 4 nitrogen and oxygen atoms in total. The molecule has 1 heterocycles. The summed E-state index contributed by atoms with van der Waals surface area (Å²) in [6.07, 6.45) is 1.70. The van der Waals surface area contributed by atoms with E-state index in [9.17, 15) is 5.11 Å². The Balaban J connectivity index is 2.57. The average Bonchev–Trinajstić information content (AvgIpc) is 2.35. The molecule has 0 aromatic rings. The van der Waals surface area contributed by atoms with Crippen LogP contribution in [0.1, 0.15) is 47.5 Å². The van der Waals surface area contributed by atoms with Gasteiger partial charge in [-0.25, -0.2) is 0 Å². The summed E-state index contributed by atoms with van der Waals surface area (Å²) in [5.41, 5.74) is 0.268. The second-order valence-corrected chi connectivity index (χ2v) is 8.14. The van der Waals surface area contributed by atoms with E-state index in [1.807, 2.05) is 0 Å². The number of piperidine rings is 1. The van der Waals surface area contributed by atoms with Crippen molar-refractivity contribution in [1.82, 2.24) is 10.2 Å². The van der Waals surface area contributed by atoms with Gasteiger partial charge in [0.2, 0.25) is 0 Å². The van der Waals surface area contributed by atoms with Crippen molar-refractivity contribution in [3.8, 4) is 6.07 Å². The van der Waals surface area contributed by atoms with E-state index in [0.717, 1.165) is 32.5 Å². The van der Waals surface area contributed by atoms with Crippen LogP contribution in [-0.2, 0) is 0 Å². The molecule has 3 atom stereocenters. The van der Waals surface area contributed by atoms with Crippen LogP contribution in [0.2, 0.25) is 0 Å². The predicted molar refractivity (Wildman–Crippen MR) is 86.9 cm³/mol. The van der Waals surface area contributed by atoms with E-state index >= 15 is 0 Å². The number of rotatable bonds is 6. The third kappa shape index (κ3) is 7.26. The molecule has 21 heavy (non-hydrogen) atoms. The van der Waals surface area contributed by atoms with Gasteiger partial charge in [-0.15, -0.1) is 0 Å². The SMILES string of the molecule is CC(C)C(O)CC1CC(NCC(C)(C)C)CN(CC#N)C1. The number of nitrogens with one attached hydrogen (secondary N) is 1. The minimum absolute atomic E-state index is 0.236. The molecule has 0 aromatic carbocycles. The third-order valence-corrected chi connectivity index (χ3v) is 4.17. The first-order chi connectivity index (χ1) is 9.71. The Morgan fingerprint density at radius 2 is 2.00 bits per heavy atom. The first-order valence-corrected chi connectivity index (χ1v) is 8.22. The minimum Gasteiger partial charge on any atom is -0.393 e. The van der Waals surface area contributed by atoms with Crippen LogP contribution in [0.3, 0.4) is 0 Å². The van der Waals surface area contributed by atoms with Gasteiger partial charge in [0.05, 0.1) is 18.7 Å². The summed E-state index contributed by atoms with van der Waals surface area (Å²) in [6, 6.07) is 2.69. The van der Waals surface area contributed by atoms with Gasteiger partial charge >= 0.3 is 0 Å². The Morgan fingerprint density at radius 3 is 2.52 bits per heavy atom. The maximum atomic E-state index is 10.1. The van der Waals surface area contributed by atoms with Gasteiger partial charge < -0.3 is 10.4 Å². The quantitative estimate of drug-likeness (QED) is 0.738. The van der Waals surface area contributed by atoms with Crippen LogP contribution >= 0.6 is 0 Å². The highest BCUT2D eigenvalue weighted by Crippen LogP contribution is 2.24. The standard InChI is InChI=1S/C17H33N3O/c1-13(2)16(21)9-14-8-15(19-12-17(3,4)5)11-20(10-14)7-6-18/h13-16,19,21H,7-12H2,1-5H3. The van der Waals surface area contributed by atoms with Crippen molar-refractivity contribution in [1.29, 1.82) is 5.26 Å². The van der Waals surface area contributed by atoms with Crippen LogP contribution in [-0.4, -0.2) is 48.3 Å². The zero-order valence-electron chi connectivity index (χ0n) is 14.4. The van der Waals surface area contributed by atoms with Crippen molar-refractivity contribution in [3.63, 3.8) is 0 Å². The zero-order valence-corrected chi connectivity index (χ0v) is 14.4. The molecule has 1 aliphatic heterocycles. The Hall–Kier alpha value is -0.630. The van der Waals surface area contributed by atoms with Crippen LogP contribution in [0.4, 0.5) is 0 Å². The lowest BCUT2D eigenvalue weighted by Gasteiger charge is -2.39. The summed E-state index contributed by atoms with van der Waals surface area (Å²) in [5.74, 6) is 0.777. The van der Waals surface area contributed by atoms with Gasteiger partial charge in [0.25, 0.3) is 0 Å². The Bertz CT molecular complexity index is 343. The third-order valence-electron chi connectivity index (χ3n) is 4.17. The second-order valence-electron chi connectivity index (χ2n) is 8.14. The summed E-state index contributed by atoms with van der Waals surface area (Å²) < 4.78 is 0. The van der Waals surface area contributed by atoms with Gasteiger partial charge in [-0.05, 0) is 30.1 Å². The maximum absolute atomic E-state index is 10.1. The molecule has 0 saturated carbocycles. The summed E-state index contributed by atoms with van der Waals surface area (Å²) in [7, 11) is 0. The maximum Gasteiger partial charge on any atom is 0.0866 e. The molecule has 0 aliphatic carbocycles. The smallest absolute Gasteiger partial charge is 0.0866 e. The normalized spacial score (nSPS) is 25.8. The van der Waals surface area contributed by atoms with E-state index in [0.29, 0.717) is 24.4 Å². The van der Waals surface area contributed by atoms with Gasteiger partial charge in [-0.3, -0.25) is 4.90 Å². The van der Waals surface area contributed by atoms with Crippen molar-refractivity contribution in [2.75, 3.05) is 26.2 Å². The lowest BCUT2D eigenvalue weighted by atomic mass is 9.86. The Kier molecular flexibility index (Phi) is 7.12. The summed E-state index contributed by atoms with van der Waals surface area (Å²) in [4.78, 5) is 2.22. The lowest BCUT2D eigenvalue weighted by Crippen LogP contribution is -2.51. The van der Waals surface area contributed by atoms with Crippen LogP contribution in [0.25, 0.3) is 0 Å². The molecule has 122 valence electrons. The molecule has 3 unspecified atom stereocenters. The van der Waals surface area contributed by atoms with Gasteiger partial charge in [0.1, 0.15) is 0 Å². The lowest BCUT2D eigenvalue weighted by molar-refractivity contribution is 0.0641. The highest BCUT2D eigenvalue weighted by Gasteiger charge is 2.29. The van der Waals surface area contributed by atoms with Gasteiger partial charge in [0.15, 0.2) is 0 Å². The number of likely N-dealkylation sites (tertiary alicyclic amines) is 1. The molecule has 1 aliphatic rings. The molecule has 1 rings (SSSR count). The van der Waals surface area contributed by atoms with E-state index in [4.69, 9.17) is 5.26 Å². The molecule has 0 amide bonds. The fraction of sp³-hybridized carbons (Fsp3) is 0.941. The van der Waals surface area contributed by atoms with Crippen molar-refractivity contribution >= 4 is 0 Å². The molecule has 1 saturated heterocycles. The molecule has 0 spiro atoms. The van der Waals surface area contributed by atoms with Crippen molar-refractivity contribution < 1.29 is 5.11 Å². The van der Waals surface area contributed by atoms with E-state index in [-0.39, 0.29) is 11.5 Å². The van der Waals surface area contributed by atoms with E-state index in [1.165, 1.54) is 0 Å². The number of hydrogen-bond acceptors (Lipinski definition) is 4. The van der Waals surface area contributed by atoms with Crippen LogP contribution in [0.5, 0.6) is 0 Å². The molecule has 1 fully saturated rings.